The van der Waals surface area contributed by atoms with Crippen LogP contribution in [0.4, 0.5) is 11.4 Å². The van der Waals surface area contributed by atoms with E-state index in [2.05, 4.69) is 75.6 Å². The van der Waals surface area contributed by atoms with Crippen LogP contribution >= 0.6 is 0 Å². The highest BCUT2D eigenvalue weighted by Gasteiger charge is 2.41. The van der Waals surface area contributed by atoms with Gasteiger partial charge in [0.25, 0.3) is 0 Å². The molecule has 1 heterocycles. The molecule has 158 valence electrons. The zero-order chi connectivity index (χ0) is 21.5. The molecule has 1 aliphatic carbocycles. The summed E-state index contributed by atoms with van der Waals surface area (Å²) in [4.78, 5) is 13.3. The molecule has 2 aromatic rings. The molecule has 0 fully saturated rings. The molecule has 2 atom stereocenters. The van der Waals surface area contributed by atoms with Crippen LogP contribution in [-0.2, 0) is 4.79 Å². The van der Waals surface area contributed by atoms with Crippen LogP contribution in [0.25, 0.3) is 0 Å². The van der Waals surface area contributed by atoms with Crippen molar-refractivity contribution in [2.75, 3.05) is 17.2 Å². The van der Waals surface area contributed by atoms with Gasteiger partial charge in [-0.05, 0) is 66.6 Å². The summed E-state index contributed by atoms with van der Waals surface area (Å²) in [6.07, 6.45) is 3.78. The Kier molecular flexibility index (Phi) is 5.35. The third-order valence-corrected chi connectivity index (χ3v) is 6.13. The standard InChI is InChI=1S/C26H32N2O2/c1-6-11-30-19-9-7-18(8-10-19)25-24-22(14-26(4,5)15-23(24)29)27-20-12-16(2)17(3)13-21(20)28-25/h7-10,12-14,24-25,27-28H,6,11,15H2,1-5H3/t24-,25-/m1/s1. The van der Waals surface area contributed by atoms with Crippen molar-refractivity contribution in [3.8, 4) is 5.75 Å². The van der Waals surface area contributed by atoms with Crippen LogP contribution in [0, 0.1) is 25.2 Å². The first-order chi connectivity index (χ1) is 14.3. The summed E-state index contributed by atoms with van der Waals surface area (Å²) in [5, 5.41) is 7.31. The molecule has 2 N–H and O–H groups in total. The van der Waals surface area contributed by atoms with E-state index < -0.39 is 0 Å². The van der Waals surface area contributed by atoms with E-state index in [9.17, 15) is 4.79 Å². The molecule has 0 saturated heterocycles. The van der Waals surface area contributed by atoms with Gasteiger partial charge in [0, 0.05) is 12.1 Å². The fourth-order valence-corrected chi connectivity index (χ4v) is 4.49. The Labute approximate surface area is 179 Å². The van der Waals surface area contributed by atoms with Crippen molar-refractivity contribution in [2.24, 2.45) is 11.3 Å². The molecule has 4 rings (SSSR count). The van der Waals surface area contributed by atoms with Crippen LogP contribution in [0.2, 0.25) is 0 Å². The maximum atomic E-state index is 13.3. The second-order valence-electron chi connectivity index (χ2n) is 9.36. The predicted octanol–water partition coefficient (Wildman–Crippen LogP) is 6.17. The van der Waals surface area contributed by atoms with Crippen LogP contribution < -0.4 is 15.4 Å². The van der Waals surface area contributed by atoms with Crippen molar-refractivity contribution in [1.82, 2.24) is 0 Å². The molecule has 30 heavy (non-hydrogen) atoms. The number of allylic oxidation sites excluding steroid dienone is 1. The number of ether oxygens (including phenoxy) is 1. The largest absolute Gasteiger partial charge is 0.494 e. The van der Waals surface area contributed by atoms with Crippen LogP contribution in [0.5, 0.6) is 5.75 Å². The molecular formula is C26H32N2O2. The van der Waals surface area contributed by atoms with Crippen LogP contribution in [0.1, 0.15) is 56.3 Å². The number of benzene rings is 2. The number of hydrogen-bond acceptors (Lipinski definition) is 4. The lowest BCUT2D eigenvalue weighted by atomic mass is 9.72. The van der Waals surface area contributed by atoms with E-state index in [1.165, 1.54) is 11.1 Å². The average molecular weight is 405 g/mol. The van der Waals surface area contributed by atoms with Gasteiger partial charge in [0.05, 0.1) is 29.9 Å². The van der Waals surface area contributed by atoms with Gasteiger partial charge < -0.3 is 15.4 Å². The van der Waals surface area contributed by atoms with Gasteiger partial charge in [-0.25, -0.2) is 0 Å². The van der Waals surface area contributed by atoms with Gasteiger partial charge in [0.2, 0.25) is 0 Å². The van der Waals surface area contributed by atoms with Gasteiger partial charge in [-0.2, -0.15) is 0 Å². The summed E-state index contributed by atoms with van der Waals surface area (Å²) in [6, 6.07) is 12.4. The van der Waals surface area contributed by atoms with Gasteiger partial charge >= 0.3 is 0 Å². The first kappa shape index (κ1) is 20.5. The maximum Gasteiger partial charge on any atom is 0.145 e. The zero-order valence-electron chi connectivity index (χ0n) is 18.6. The number of fused-ring (bicyclic) bond motifs is 2. The number of Topliss-reactive ketones (excluding diaryl/α,β-unsaturated/α-hetero) is 1. The maximum absolute atomic E-state index is 13.3. The summed E-state index contributed by atoms with van der Waals surface area (Å²) in [7, 11) is 0. The third kappa shape index (κ3) is 3.96. The first-order valence-corrected chi connectivity index (χ1v) is 10.9. The van der Waals surface area contributed by atoms with Crippen LogP contribution in [0.3, 0.4) is 0 Å². The molecule has 0 aromatic heterocycles. The molecule has 0 radical (unpaired) electrons. The molecule has 0 spiro atoms. The van der Waals surface area contributed by atoms with E-state index in [0.29, 0.717) is 13.0 Å². The second kappa shape index (κ2) is 7.82. The number of rotatable bonds is 4. The van der Waals surface area contributed by atoms with Gasteiger partial charge in [-0.3, -0.25) is 4.79 Å². The van der Waals surface area contributed by atoms with Gasteiger partial charge in [-0.1, -0.05) is 39.0 Å². The molecule has 4 nitrogen and oxygen atoms in total. The fraction of sp³-hybridized carbons (Fsp3) is 0.423. The van der Waals surface area contributed by atoms with Crippen LogP contribution in [0.15, 0.2) is 48.2 Å². The quantitative estimate of drug-likeness (QED) is 0.640. The summed E-state index contributed by atoms with van der Waals surface area (Å²) in [5.41, 5.74) is 6.48. The fourth-order valence-electron chi connectivity index (χ4n) is 4.49. The van der Waals surface area contributed by atoms with Gasteiger partial charge in [-0.15, -0.1) is 0 Å². The molecule has 2 aliphatic rings. The zero-order valence-corrected chi connectivity index (χ0v) is 18.6. The Bertz CT molecular complexity index is 989. The molecular weight excluding hydrogens is 372 g/mol. The number of nitrogens with one attached hydrogen (secondary N) is 2. The highest BCUT2D eigenvalue weighted by atomic mass is 16.5. The number of carbonyl (C=O) groups is 1. The van der Waals surface area contributed by atoms with E-state index in [4.69, 9.17) is 4.74 Å². The van der Waals surface area contributed by atoms with E-state index in [1.54, 1.807) is 0 Å². The first-order valence-electron chi connectivity index (χ1n) is 10.9. The lowest BCUT2D eigenvalue weighted by Crippen LogP contribution is -2.36. The summed E-state index contributed by atoms with van der Waals surface area (Å²) < 4.78 is 5.75. The predicted molar refractivity (Wildman–Crippen MR) is 123 cm³/mol. The number of anilines is 2. The Morgan fingerprint density at radius 1 is 1.07 bits per heavy atom. The summed E-state index contributed by atoms with van der Waals surface area (Å²) in [5.74, 6) is 0.898. The van der Waals surface area contributed by atoms with E-state index in [-0.39, 0.29) is 23.2 Å². The Balaban J connectivity index is 1.79. The molecule has 4 heteroatoms. The number of carbonyl (C=O) groups excluding carboxylic acids is 1. The van der Waals surface area contributed by atoms with Gasteiger partial charge in [0.1, 0.15) is 11.5 Å². The highest BCUT2D eigenvalue weighted by molar-refractivity contribution is 5.90. The monoisotopic (exact) mass is 404 g/mol. The second-order valence-corrected chi connectivity index (χ2v) is 9.36. The van der Waals surface area contributed by atoms with Crippen LogP contribution in [-0.4, -0.2) is 12.4 Å². The molecule has 2 aromatic carbocycles. The summed E-state index contributed by atoms with van der Waals surface area (Å²) in [6.45, 7) is 11.3. The van der Waals surface area contributed by atoms with E-state index in [1.807, 2.05) is 12.1 Å². The molecule has 0 amide bonds. The van der Waals surface area contributed by atoms with Crippen molar-refractivity contribution in [3.63, 3.8) is 0 Å². The minimum Gasteiger partial charge on any atom is -0.494 e. The number of hydrogen-bond donors (Lipinski definition) is 2. The van der Waals surface area contributed by atoms with Crippen molar-refractivity contribution < 1.29 is 9.53 Å². The highest BCUT2D eigenvalue weighted by Crippen LogP contribution is 2.46. The lowest BCUT2D eigenvalue weighted by molar-refractivity contribution is -0.124. The van der Waals surface area contributed by atoms with Crippen molar-refractivity contribution >= 4 is 17.2 Å². The molecule has 0 saturated carbocycles. The van der Waals surface area contributed by atoms with E-state index >= 15 is 0 Å². The molecule has 0 bridgehead atoms. The Morgan fingerprint density at radius 3 is 2.40 bits per heavy atom. The smallest absolute Gasteiger partial charge is 0.145 e. The normalized spacial score (nSPS) is 22.0. The Hall–Kier alpha value is -2.75. The number of aryl methyl sites for hydroxylation is 2. The third-order valence-electron chi connectivity index (χ3n) is 6.13. The van der Waals surface area contributed by atoms with Crippen molar-refractivity contribution in [1.29, 1.82) is 0 Å². The minimum atomic E-state index is -0.242. The average Bonchev–Trinajstić information content (AvgIpc) is 2.83. The topological polar surface area (TPSA) is 50.4 Å². The molecule has 0 unspecified atom stereocenters. The van der Waals surface area contributed by atoms with Gasteiger partial charge in [0.15, 0.2) is 0 Å². The summed E-state index contributed by atoms with van der Waals surface area (Å²) >= 11 is 0. The SMILES string of the molecule is CCCOc1ccc([C@H]2Nc3cc(C)c(C)cc3NC3=CC(C)(C)CC(=O)[C@@H]32)cc1. The van der Waals surface area contributed by atoms with Crippen molar-refractivity contribution in [2.45, 2.75) is 53.5 Å². The van der Waals surface area contributed by atoms with Crippen molar-refractivity contribution in [3.05, 3.63) is 64.9 Å². The Morgan fingerprint density at radius 2 is 1.73 bits per heavy atom. The lowest BCUT2D eigenvalue weighted by Gasteiger charge is -2.35. The minimum absolute atomic E-state index is 0.129. The van der Waals surface area contributed by atoms with E-state index in [0.717, 1.165) is 34.8 Å². The molecule has 1 aliphatic heterocycles. The number of ketones is 1.